The van der Waals surface area contributed by atoms with Crippen molar-refractivity contribution in [3.05, 3.63) is 59.3 Å². The summed E-state index contributed by atoms with van der Waals surface area (Å²) in [4.78, 5) is 27.7. The average Bonchev–Trinajstić information content (AvgIpc) is 3.03. The van der Waals surface area contributed by atoms with Gasteiger partial charge in [0.2, 0.25) is 5.90 Å². The van der Waals surface area contributed by atoms with Crippen molar-refractivity contribution in [1.29, 1.82) is 0 Å². The molecule has 0 bridgehead atoms. The van der Waals surface area contributed by atoms with E-state index in [0.717, 1.165) is 0 Å². The number of benzene rings is 2. The number of hydrogen-bond donors (Lipinski definition) is 0. The van der Waals surface area contributed by atoms with E-state index < -0.39 is 11.9 Å². The maximum atomic E-state index is 12.3. The number of rotatable bonds is 6. The van der Waals surface area contributed by atoms with E-state index in [0.29, 0.717) is 35.0 Å². The van der Waals surface area contributed by atoms with Crippen LogP contribution in [0.2, 0.25) is 0 Å². The molecule has 7 heteroatoms. The molecule has 3 rings (SSSR count). The van der Waals surface area contributed by atoms with Crippen LogP contribution < -0.4 is 14.2 Å². The standard InChI is InChI=1S/C21H19NO6/c1-4-26-17-8-6-5-7-15(17)20-22-16(21(24)28-20)11-14-9-10-18(27-13(2)23)19(12-14)25-3/h5-12H,4H2,1-3H3/b16-11-. The van der Waals surface area contributed by atoms with Gasteiger partial charge in [-0.25, -0.2) is 9.79 Å². The van der Waals surface area contributed by atoms with Crippen molar-refractivity contribution >= 4 is 23.9 Å². The quantitative estimate of drug-likeness (QED) is 0.433. The Morgan fingerprint density at radius 2 is 1.93 bits per heavy atom. The summed E-state index contributed by atoms with van der Waals surface area (Å²) in [6, 6.07) is 12.1. The van der Waals surface area contributed by atoms with Crippen LogP contribution in [0, 0.1) is 0 Å². The van der Waals surface area contributed by atoms with Crippen LogP contribution in [0.25, 0.3) is 6.08 Å². The van der Waals surface area contributed by atoms with Crippen LogP contribution in [0.3, 0.4) is 0 Å². The molecular weight excluding hydrogens is 362 g/mol. The molecular formula is C21H19NO6. The molecule has 0 radical (unpaired) electrons. The van der Waals surface area contributed by atoms with Crippen LogP contribution in [-0.4, -0.2) is 31.6 Å². The van der Waals surface area contributed by atoms with Crippen LogP contribution in [0.5, 0.6) is 17.2 Å². The van der Waals surface area contributed by atoms with E-state index in [1.54, 1.807) is 36.4 Å². The fourth-order valence-corrected chi connectivity index (χ4v) is 2.62. The molecule has 0 N–H and O–H groups in total. The van der Waals surface area contributed by atoms with Gasteiger partial charge in [-0.2, -0.15) is 0 Å². The lowest BCUT2D eigenvalue weighted by Crippen LogP contribution is -2.07. The van der Waals surface area contributed by atoms with Gasteiger partial charge in [-0.15, -0.1) is 0 Å². The van der Waals surface area contributed by atoms with E-state index >= 15 is 0 Å². The molecule has 0 unspecified atom stereocenters. The van der Waals surface area contributed by atoms with Crippen molar-refractivity contribution < 1.29 is 28.5 Å². The lowest BCUT2D eigenvalue weighted by atomic mass is 10.1. The number of carbonyl (C=O) groups is 2. The zero-order chi connectivity index (χ0) is 20.1. The first-order valence-corrected chi connectivity index (χ1v) is 8.63. The minimum absolute atomic E-state index is 0.142. The van der Waals surface area contributed by atoms with Gasteiger partial charge in [0.25, 0.3) is 0 Å². The second-order valence-electron chi connectivity index (χ2n) is 5.77. The molecule has 0 aliphatic carbocycles. The number of aliphatic imine (C=N–C) groups is 1. The van der Waals surface area contributed by atoms with Crippen molar-refractivity contribution in [2.24, 2.45) is 4.99 Å². The molecule has 28 heavy (non-hydrogen) atoms. The summed E-state index contributed by atoms with van der Waals surface area (Å²) in [6.45, 7) is 3.66. The van der Waals surface area contributed by atoms with Crippen LogP contribution in [0.15, 0.2) is 53.2 Å². The highest BCUT2D eigenvalue weighted by Crippen LogP contribution is 2.30. The Morgan fingerprint density at radius 1 is 1.14 bits per heavy atom. The molecule has 0 saturated heterocycles. The molecule has 2 aromatic rings. The summed E-state index contributed by atoms with van der Waals surface area (Å²) in [7, 11) is 1.46. The highest BCUT2D eigenvalue weighted by molar-refractivity contribution is 6.13. The van der Waals surface area contributed by atoms with Gasteiger partial charge in [-0.05, 0) is 42.8 Å². The van der Waals surface area contributed by atoms with Gasteiger partial charge in [0.1, 0.15) is 5.75 Å². The van der Waals surface area contributed by atoms with E-state index in [2.05, 4.69) is 4.99 Å². The summed E-state index contributed by atoms with van der Waals surface area (Å²) < 4.78 is 21.2. The first kappa shape index (κ1) is 19.2. The highest BCUT2D eigenvalue weighted by Gasteiger charge is 2.26. The number of nitrogens with zero attached hydrogens (tertiary/aromatic N) is 1. The zero-order valence-corrected chi connectivity index (χ0v) is 15.7. The second-order valence-corrected chi connectivity index (χ2v) is 5.77. The van der Waals surface area contributed by atoms with Gasteiger partial charge in [0.15, 0.2) is 17.2 Å². The van der Waals surface area contributed by atoms with E-state index in [4.69, 9.17) is 18.9 Å². The predicted molar refractivity (Wildman–Crippen MR) is 103 cm³/mol. The van der Waals surface area contributed by atoms with E-state index in [-0.39, 0.29) is 11.6 Å². The Kier molecular flexibility index (Phi) is 5.74. The third-order valence-electron chi connectivity index (χ3n) is 3.78. The average molecular weight is 381 g/mol. The molecule has 144 valence electrons. The van der Waals surface area contributed by atoms with Gasteiger partial charge in [-0.3, -0.25) is 4.79 Å². The second kappa shape index (κ2) is 8.39. The zero-order valence-electron chi connectivity index (χ0n) is 15.7. The molecule has 1 aliphatic heterocycles. The fourth-order valence-electron chi connectivity index (χ4n) is 2.62. The third-order valence-corrected chi connectivity index (χ3v) is 3.78. The molecule has 2 aromatic carbocycles. The number of methoxy groups -OCH3 is 1. The van der Waals surface area contributed by atoms with Crippen LogP contribution in [0.4, 0.5) is 0 Å². The van der Waals surface area contributed by atoms with Crippen molar-refractivity contribution in [3.8, 4) is 17.2 Å². The Bertz CT molecular complexity index is 977. The molecule has 0 aromatic heterocycles. The van der Waals surface area contributed by atoms with Gasteiger partial charge < -0.3 is 18.9 Å². The summed E-state index contributed by atoms with van der Waals surface area (Å²) in [5, 5.41) is 0. The lowest BCUT2D eigenvalue weighted by molar-refractivity contribution is -0.132. The third kappa shape index (κ3) is 4.20. The van der Waals surface area contributed by atoms with Crippen LogP contribution in [-0.2, 0) is 14.3 Å². The van der Waals surface area contributed by atoms with Crippen molar-refractivity contribution in [2.45, 2.75) is 13.8 Å². The summed E-state index contributed by atoms with van der Waals surface area (Å²) in [5.41, 5.74) is 1.38. The Balaban J connectivity index is 1.93. The molecule has 1 aliphatic rings. The molecule has 0 spiro atoms. The van der Waals surface area contributed by atoms with E-state index in [9.17, 15) is 9.59 Å². The number of esters is 2. The fraction of sp³-hybridized carbons (Fsp3) is 0.190. The minimum atomic E-state index is -0.565. The molecule has 1 heterocycles. The predicted octanol–water partition coefficient (Wildman–Crippen LogP) is 3.36. The SMILES string of the molecule is CCOc1ccccc1C1=N/C(=C\c2ccc(OC(C)=O)c(OC)c2)C(=O)O1. The van der Waals surface area contributed by atoms with Crippen LogP contribution >= 0.6 is 0 Å². The molecule has 7 nitrogen and oxygen atoms in total. The Morgan fingerprint density at radius 3 is 2.64 bits per heavy atom. The number of cyclic esters (lactones) is 1. The number of para-hydroxylation sites is 1. The smallest absolute Gasteiger partial charge is 0.363 e. The molecule has 0 saturated carbocycles. The van der Waals surface area contributed by atoms with Gasteiger partial charge >= 0.3 is 11.9 Å². The maximum absolute atomic E-state index is 12.3. The minimum Gasteiger partial charge on any atom is -0.493 e. The Labute approximate surface area is 162 Å². The van der Waals surface area contributed by atoms with Crippen molar-refractivity contribution in [1.82, 2.24) is 0 Å². The van der Waals surface area contributed by atoms with E-state index in [1.165, 1.54) is 14.0 Å². The monoisotopic (exact) mass is 381 g/mol. The largest absolute Gasteiger partial charge is 0.493 e. The topological polar surface area (TPSA) is 83.4 Å². The van der Waals surface area contributed by atoms with Crippen molar-refractivity contribution in [2.75, 3.05) is 13.7 Å². The molecule has 0 atom stereocenters. The van der Waals surface area contributed by atoms with Crippen LogP contribution in [0.1, 0.15) is 25.0 Å². The number of hydrogen-bond acceptors (Lipinski definition) is 7. The summed E-state index contributed by atoms with van der Waals surface area (Å²) >= 11 is 0. The normalized spacial score (nSPS) is 14.5. The Hall–Kier alpha value is -3.61. The summed E-state index contributed by atoms with van der Waals surface area (Å²) in [5.74, 6) is 0.409. The van der Waals surface area contributed by atoms with Gasteiger partial charge in [0.05, 0.1) is 19.3 Å². The summed E-state index contributed by atoms with van der Waals surface area (Å²) in [6.07, 6.45) is 1.57. The van der Waals surface area contributed by atoms with Crippen molar-refractivity contribution in [3.63, 3.8) is 0 Å². The maximum Gasteiger partial charge on any atom is 0.363 e. The first-order chi connectivity index (χ1) is 13.5. The first-order valence-electron chi connectivity index (χ1n) is 8.63. The van der Waals surface area contributed by atoms with Gasteiger partial charge in [0, 0.05) is 6.92 Å². The number of ether oxygens (including phenoxy) is 4. The molecule has 0 fully saturated rings. The van der Waals surface area contributed by atoms with E-state index in [1.807, 2.05) is 19.1 Å². The van der Waals surface area contributed by atoms with Gasteiger partial charge in [-0.1, -0.05) is 18.2 Å². The molecule has 0 amide bonds. The number of carbonyl (C=O) groups excluding carboxylic acids is 2. The lowest BCUT2D eigenvalue weighted by Gasteiger charge is -2.08. The highest BCUT2D eigenvalue weighted by atomic mass is 16.6.